The molecule has 2 nitrogen and oxygen atoms in total. The summed E-state index contributed by atoms with van der Waals surface area (Å²) in [5, 5.41) is 3.11. The third kappa shape index (κ3) is 4.29. The van der Waals surface area contributed by atoms with Crippen molar-refractivity contribution < 1.29 is 13.2 Å². The maximum Gasteiger partial charge on any atom is 0.401 e. The summed E-state index contributed by atoms with van der Waals surface area (Å²) in [6.45, 7) is 0.543. The average Bonchev–Trinajstić information content (AvgIpc) is 2.49. The van der Waals surface area contributed by atoms with Crippen molar-refractivity contribution in [3.63, 3.8) is 0 Å². The molecule has 0 aliphatic heterocycles. The molecule has 5 heteroatoms. The summed E-state index contributed by atoms with van der Waals surface area (Å²) in [5.41, 5.74) is 0.0503. The van der Waals surface area contributed by atoms with Crippen molar-refractivity contribution in [2.24, 2.45) is 5.41 Å². The van der Waals surface area contributed by atoms with Crippen LogP contribution in [0.15, 0.2) is 0 Å². The first-order valence-electron chi connectivity index (χ1n) is 5.77. The molecule has 16 heavy (non-hydrogen) atoms. The Morgan fingerprint density at radius 2 is 1.81 bits per heavy atom. The first-order chi connectivity index (χ1) is 7.37. The molecule has 0 aromatic heterocycles. The SMILES string of the molecule is CNCC1(CN(C)CC(F)(F)F)CCCC1. The number of nitrogens with zero attached hydrogens (tertiary/aromatic N) is 1. The fraction of sp³-hybridized carbons (Fsp3) is 1.00. The summed E-state index contributed by atoms with van der Waals surface area (Å²) < 4.78 is 36.7. The van der Waals surface area contributed by atoms with Gasteiger partial charge in [0.1, 0.15) is 0 Å². The number of alkyl halides is 3. The first kappa shape index (κ1) is 13.8. The molecule has 96 valence electrons. The van der Waals surface area contributed by atoms with Crippen LogP contribution in [0.4, 0.5) is 13.2 Å². The fourth-order valence-electron chi connectivity index (χ4n) is 2.83. The van der Waals surface area contributed by atoms with E-state index in [1.54, 1.807) is 7.05 Å². The molecule has 0 unspecified atom stereocenters. The summed E-state index contributed by atoms with van der Waals surface area (Å²) in [5.74, 6) is 0. The molecule has 1 fully saturated rings. The van der Waals surface area contributed by atoms with Gasteiger partial charge in [-0.2, -0.15) is 13.2 Å². The minimum Gasteiger partial charge on any atom is -0.319 e. The molecule has 0 radical (unpaired) electrons. The Morgan fingerprint density at radius 1 is 1.25 bits per heavy atom. The van der Waals surface area contributed by atoms with E-state index in [-0.39, 0.29) is 5.41 Å². The zero-order chi connectivity index (χ0) is 12.2. The molecule has 0 heterocycles. The number of nitrogens with one attached hydrogen (secondary N) is 1. The highest BCUT2D eigenvalue weighted by atomic mass is 19.4. The molecule has 1 N–H and O–H groups in total. The van der Waals surface area contributed by atoms with Crippen molar-refractivity contribution in [2.45, 2.75) is 31.9 Å². The topological polar surface area (TPSA) is 15.3 Å². The molecule has 0 bridgehead atoms. The van der Waals surface area contributed by atoms with E-state index in [1.807, 2.05) is 7.05 Å². The lowest BCUT2D eigenvalue weighted by Crippen LogP contribution is -2.43. The summed E-state index contributed by atoms with van der Waals surface area (Å²) in [6.07, 6.45) is 0.267. The summed E-state index contributed by atoms with van der Waals surface area (Å²) in [6, 6.07) is 0. The van der Waals surface area contributed by atoms with E-state index >= 15 is 0 Å². The van der Waals surface area contributed by atoms with Crippen LogP contribution >= 0.6 is 0 Å². The number of rotatable bonds is 5. The van der Waals surface area contributed by atoms with Gasteiger partial charge in [0.05, 0.1) is 6.54 Å². The molecule has 1 aliphatic carbocycles. The van der Waals surface area contributed by atoms with Gasteiger partial charge in [-0.05, 0) is 32.4 Å². The minimum absolute atomic E-state index is 0.0503. The lowest BCUT2D eigenvalue weighted by molar-refractivity contribution is -0.145. The molecule has 0 atom stereocenters. The second kappa shape index (κ2) is 5.36. The Kier molecular flexibility index (Phi) is 4.62. The van der Waals surface area contributed by atoms with E-state index in [4.69, 9.17) is 0 Å². The number of halogens is 3. The van der Waals surface area contributed by atoms with Gasteiger partial charge in [-0.25, -0.2) is 0 Å². The molecule has 0 aromatic carbocycles. The lowest BCUT2D eigenvalue weighted by Gasteiger charge is -2.33. The van der Waals surface area contributed by atoms with E-state index in [0.717, 1.165) is 32.2 Å². The largest absolute Gasteiger partial charge is 0.401 e. The molecule has 0 spiro atoms. The third-order valence-corrected chi connectivity index (χ3v) is 3.27. The molecule has 1 aliphatic rings. The van der Waals surface area contributed by atoms with Crippen molar-refractivity contribution in [1.29, 1.82) is 0 Å². The summed E-state index contributed by atoms with van der Waals surface area (Å²) >= 11 is 0. The monoisotopic (exact) mass is 238 g/mol. The standard InChI is InChI=1S/C11H21F3N2/c1-15-7-10(5-3-4-6-10)8-16(2)9-11(12,13)14/h15H,3-9H2,1-2H3. The Balaban J connectivity index is 2.48. The highest BCUT2D eigenvalue weighted by Gasteiger charge is 2.37. The van der Waals surface area contributed by atoms with Crippen molar-refractivity contribution >= 4 is 0 Å². The van der Waals surface area contributed by atoms with Crippen LogP contribution in [0.25, 0.3) is 0 Å². The van der Waals surface area contributed by atoms with E-state index in [9.17, 15) is 13.2 Å². The normalized spacial score (nSPS) is 20.6. The Hall–Kier alpha value is -0.290. The maximum absolute atomic E-state index is 12.2. The van der Waals surface area contributed by atoms with Gasteiger partial charge in [-0.15, -0.1) is 0 Å². The highest BCUT2D eigenvalue weighted by Crippen LogP contribution is 2.38. The Labute approximate surface area is 95.2 Å². The van der Waals surface area contributed by atoms with Crippen molar-refractivity contribution in [3.8, 4) is 0 Å². The zero-order valence-corrected chi connectivity index (χ0v) is 10.0. The fourth-order valence-corrected chi connectivity index (χ4v) is 2.83. The second-order valence-corrected chi connectivity index (χ2v) is 5.02. The molecular formula is C11H21F3N2. The second-order valence-electron chi connectivity index (χ2n) is 5.02. The number of hydrogen-bond donors (Lipinski definition) is 1. The van der Waals surface area contributed by atoms with Gasteiger partial charge < -0.3 is 5.32 Å². The van der Waals surface area contributed by atoms with Crippen molar-refractivity contribution in [1.82, 2.24) is 10.2 Å². The maximum atomic E-state index is 12.2. The Bertz CT molecular complexity index is 210. The van der Waals surface area contributed by atoms with Crippen LogP contribution in [0, 0.1) is 5.41 Å². The first-order valence-corrected chi connectivity index (χ1v) is 5.77. The number of hydrogen-bond acceptors (Lipinski definition) is 2. The predicted molar refractivity (Wildman–Crippen MR) is 58.4 cm³/mol. The van der Waals surface area contributed by atoms with Crippen molar-refractivity contribution in [3.05, 3.63) is 0 Å². The molecule has 1 rings (SSSR count). The minimum atomic E-state index is -4.09. The van der Waals surface area contributed by atoms with Gasteiger partial charge in [0, 0.05) is 13.1 Å². The van der Waals surface area contributed by atoms with Crippen LogP contribution in [0.5, 0.6) is 0 Å². The van der Waals surface area contributed by atoms with E-state index in [1.165, 1.54) is 4.90 Å². The van der Waals surface area contributed by atoms with Crippen LogP contribution in [0.1, 0.15) is 25.7 Å². The Morgan fingerprint density at radius 3 is 2.25 bits per heavy atom. The van der Waals surface area contributed by atoms with Gasteiger partial charge in [0.15, 0.2) is 0 Å². The van der Waals surface area contributed by atoms with Crippen LogP contribution in [-0.4, -0.2) is 44.8 Å². The molecule has 0 saturated heterocycles. The van der Waals surface area contributed by atoms with Gasteiger partial charge in [0.25, 0.3) is 0 Å². The summed E-state index contributed by atoms with van der Waals surface area (Å²) in [7, 11) is 3.42. The van der Waals surface area contributed by atoms with Crippen molar-refractivity contribution in [2.75, 3.05) is 33.7 Å². The van der Waals surface area contributed by atoms with Gasteiger partial charge in [-0.3, -0.25) is 4.90 Å². The van der Waals surface area contributed by atoms with E-state index < -0.39 is 12.7 Å². The third-order valence-electron chi connectivity index (χ3n) is 3.27. The van der Waals surface area contributed by atoms with Gasteiger partial charge in [-0.1, -0.05) is 12.8 Å². The lowest BCUT2D eigenvalue weighted by atomic mass is 9.85. The molecule has 1 saturated carbocycles. The van der Waals surface area contributed by atoms with Gasteiger partial charge in [0.2, 0.25) is 0 Å². The zero-order valence-electron chi connectivity index (χ0n) is 10.0. The predicted octanol–water partition coefficient (Wildman–Crippen LogP) is 2.26. The van der Waals surface area contributed by atoms with Crippen LogP contribution in [0.2, 0.25) is 0 Å². The average molecular weight is 238 g/mol. The van der Waals surface area contributed by atoms with Crippen LogP contribution in [0.3, 0.4) is 0 Å². The molecule has 0 amide bonds. The molecule has 0 aromatic rings. The quantitative estimate of drug-likeness (QED) is 0.790. The molecular weight excluding hydrogens is 217 g/mol. The van der Waals surface area contributed by atoms with E-state index in [2.05, 4.69) is 5.32 Å². The smallest absolute Gasteiger partial charge is 0.319 e. The summed E-state index contributed by atoms with van der Waals surface area (Å²) in [4.78, 5) is 1.41. The van der Waals surface area contributed by atoms with Crippen LogP contribution in [-0.2, 0) is 0 Å². The van der Waals surface area contributed by atoms with Crippen LogP contribution < -0.4 is 5.32 Å². The van der Waals surface area contributed by atoms with E-state index in [0.29, 0.717) is 6.54 Å². The highest BCUT2D eigenvalue weighted by molar-refractivity contribution is 4.88. The van der Waals surface area contributed by atoms with Gasteiger partial charge >= 0.3 is 6.18 Å².